The number of nitriles is 1. The van der Waals surface area contributed by atoms with Crippen LogP contribution in [0.4, 0.5) is 0 Å². The highest BCUT2D eigenvalue weighted by molar-refractivity contribution is 5.54. The Morgan fingerprint density at radius 3 is 2.70 bits per heavy atom. The summed E-state index contributed by atoms with van der Waals surface area (Å²) in [6.45, 7) is 8.08. The number of hydrogen-bond donors (Lipinski definition) is 2. The lowest BCUT2D eigenvalue weighted by molar-refractivity contribution is 0.425. The maximum atomic E-state index is 10.2. The Kier molecular flexibility index (Phi) is 3.85. The van der Waals surface area contributed by atoms with Crippen molar-refractivity contribution in [3.05, 3.63) is 47.1 Å². The molecule has 104 valence electrons. The molecule has 1 aromatic rings. The molecular weight excluding hydrogens is 250 g/mol. The molecule has 2 rings (SSSR count). The molecule has 0 aromatic heterocycles. The van der Waals surface area contributed by atoms with E-state index in [0.29, 0.717) is 11.1 Å². The van der Waals surface area contributed by atoms with Gasteiger partial charge in [-0.2, -0.15) is 5.26 Å². The standard InChI is InChI=1S/C17H19NO2/c1-10(2)14-5-4-11(3)6-15(14)17-12(9-18)7-13(19)8-16(17)20/h6-8,14-15,19-20H,1,4-5H2,2-3H3. The van der Waals surface area contributed by atoms with Crippen LogP contribution in [0.2, 0.25) is 0 Å². The van der Waals surface area contributed by atoms with Crippen molar-refractivity contribution in [3.8, 4) is 17.6 Å². The Morgan fingerprint density at radius 1 is 1.40 bits per heavy atom. The Labute approximate surface area is 119 Å². The van der Waals surface area contributed by atoms with Crippen LogP contribution in [0.1, 0.15) is 43.7 Å². The summed E-state index contributed by atoms with van der Waals surface area (Å²) in [6, 6.07) is 4.77. The number of allylic oxidation sites excluding steroid dienone is 3. The van der Waals surface area contributed by atoms with Crippen LogP contribution < -0.4 is 0 Å². The van der Waals surface area contributed by atoms with Crippen molar-refractivity contribution in [1.29, 1.82) is 5.26 Å². The normalized spacial score (nSPS) is 21.9. The first-order chi connectivity index (χ1) is 9.43. The van der Waals surface area contributed by atoms with Gasteiger partial charge in [0.15, 0.2) is 0 Å². The molecule has 2 atom stereocenters. The van der Waals surface area contributed by atoms with E-state index in [1.54, 1.807) is 0 Å². The summed E-state index contributed by atoms with van der Waals surface area (Å²) in [6.07, 6.45) is 4.08. The van der Waals surface area contributed by atoms with Crippen molar-refractivity contribution in [3.63, 3.8) is 0 Å². The third-order valence-electron chi connectivity index (χ3n) is 3.98. The highest BCUT2D eigenvalue weighted by atomic mass is 16.3. The number of benzene rings is 1. The molecule has 0 heterocycles. The van der Waals surface area contributed by atoms with Gasteiger partial charge < -0.3 is 10.2 Å². The molecule has 0 amide bonds. The van der Waals surface area contributed by atoms with Gasteiger partial charge in [-0.25, -0.2) is 0 Å². The maximum absolute atomic E-state index is 10.2. The van der Waals surface area contributed by atoms with Crippen LogP contribution in [-0.4, -0.2) is 10.2 Å². The largest absolute Gasteiger partial charge is 0.508 e. The van der Waals surface area contributed by atoms with E-state index in [-0.39, 0.29) is 23.3 Å². The number of hydrogen-bond acceptors (Lipinski definition) is 3. The van der Waals surface area contributed by atoms with Gasteiger partial charge in [-0.1, -0.05) is 23.8 Å². The van der Waals surface area contributed by atoms with Gasteiger partial charge in [0.1, 0.15) is 11.5 Å². The average molecular weight is 269 g/mol. The van der Waals surface area contributed by atoms with Gasteiger partial charge >= 0.3 is 0 Å². The number of nitrogens with zero attached hydrogens (tertiary/aromatic N) is 1. The first-order valence-electron chi connectivity index (χ1n) is 6.72. The molecule has 0 spiro atoms. The van der Waals surface area contributed by atoms with Gasteiger partial charge in [0, 0.05) is 17.5 Å². The Morgan fingerprint density at radius 2 is 2.10 bits per heavy atom. The Balaban J connectivity index is 2.61. The quantitative estimate of drug-likeness (QED) is 0.798. The van der Waals surface area contributed by atoms with Crippen LogP contribution in [0.3, 0.4) is 0 Å². The first kappa shape index (κ1) is 14.2. The van der Waals surface area contributed by atoms with Crippen molar-refractivity contribution in [1.82, 2.24) is 0 Å². The molecule has 20 heavy (non-hydrogen) atoms. The van der Waals surface area contributed by atoms with E-state index in [4.69, 9.17) is 0 Å². The van der Waals surface area contributed by atoms with Gasteiger partial charge in [0.2, 0.25) is 0 Å². The highest BCUT2D eigenvalue weighted by Gasteiger charge is 2.29. The third kappa shape index (κ3) is 2.55. The van der Waals surface area contributed by atoms with E-state index < -0.39 is 0 Å². The SMILES string of the molecule is C=C(C)C1CCC(C)=CC1c1c(O)cc(O)cc1C#N. The zero-order chi connectivity index (χ0) is 14.9. The van der Waals surface area contributed by atoms with Crippen molar-refractivity contribution in [2.24, 2.45) is 5.92 Å². The molecule has 2 unspecified atom stereocenters. The Bertz CT molecular complexity index is 623. The molecule has 1 aliphatic carbocycles. The van der Waals surface area contributed by atoms with E-state index in [0.717, 1.165) is 18.4 Å². The molecule has 0 aliphatic heterocycles. The molecular formula is C17H19NO2. The van der Waals surface area contributed by atoms with E-state index in [1.807, 2.05) is 6.92 Å². The molecule has 0 saturated heterocycles. The smallest absolute Gasteiger partial charge is 0.124 e. The van der Waals surface area contributed by atoms with E-state index >= 15 is 0 Å². The fourth-order valence-corrected chi connectivity index (χ4v) is 2.97. The van der Waals surface area contributed by atoms with Gasteiger partial charge in [-0.15, -0.1) is 0 Å². The zero-order valence-corrected chi connectivity index (χ0v) is 11.8. The number of phenolic OH excluding ortho intramolecular Hbond substituents is 2. The molecule has 3 heteroatoms. The van der Waals surface area contributed by atoms with Gasteiger partial charge in [-0.3, -0.25) is 0 Å². The molecule has 0 radical (unpaired) electrons. The number of phenols is 2. The zero-order valence-electron chi connectivity index (χ0n) is 11.8. The van der Waals surface area contributed by atoms with Gasteiger partial charge in [0.25, 0.3) is 0 Å². The lowest BCUT2D eigenvalue weighted by Crippen LogP contribution is -2.18. The molecule has 1 aromatic carbocycles. The predicted octanol–water partition coefficient (Wildman–Crippen LogP) is 3.99. The van der Waals surface area contributed by atoms with E-state index in [1.165, 1.54) is 17.7 Å². The topological polar surface area (TPSA) is 64.2 Å². The summed E-state index contributed by atoms with van der Waals surface area (Å²) >= 11 is 0. The van der Waals surface area contributed by atoms with Crippen molar-refractivity contribution in [2.45, 2.75) is 32.6 Å². The molecule has 3 nitrogen and oxygen atoms in total. The van der Waals surface area contributed by atoms with Crippen molar-refractivity contribution in [2.75, 3.05) is 0 Å². The minimum Gasteiger partial charge on any atom is -0.508 e. The second-order valence-corrected chi connectivity index (χ2v) is 5.57. The van der Waals surface area contributed by atoms with Crippen LogP contribution >= 0.6 is 0 Å². The van der Waals surface area contributed by atoms with Gasteiger partial charge in [-0.05, 0) is 38.7 Å². The summed E-state index contributed by atoms with van der Waals surface area (Å²) in [5, 5.41) is 29.0. The van der Waals surface area contributed by atoms with Crippen molar-refractivity contribution < 1.29 is 10.2 Å². The van der Waals surface area contributed by atoms with Crippen LogP contribution in [0.5, 0.6) is 11.5 Å². The van der Waals surface area contributed by atoms with E-state index in [9.17, 15) is 15.5 Å². The summed E-state index contributed by atoms with van der Waals surface area (Å²) in [7, 11) is 0. The maximum Gasteiger partial charge on any atom is 0.124 e. The third-order valence-corrected chi connectivity index (χ3v) is 3.98. The summed E-state index contributed by atoms with van der Waals surface area (Å²) in [4.78, 5) is 0. The summed E-state index contributed by atoms with van der Waals surface area (Å²) < 4.78 is 0. The molecule has 0 saturated carbocycles. The van der Waals surface area contributed by atoms with Crippen LogP contribution in [0, 0.1) is 17.2 Å². The molecule has 1 aliphatic rings. The second-order valence-electron chi connectivity index (χ2n) is 5.57. The molecule has 2 N–H and O–H groups in total. The predicted molar refractivity (Wildman–Crippen MR) is 78.5 cm³/mol. The minimum absolute atomic E-state index is 0.0243. The van der Waals surface area contributed by atoms with Gasteiger partial charge in [0.05, 0.1) is 11.6 Å². The minimum atomic E-state index is -0.0915. The second kappa shape index (κ2) is 5.42. The molecule has 0 fully saturated rings. The highest BCUT2D eigenvalue weighted by Crippen LogP contribution is 2.44. The lowest BCUT2D eigenvalue weighted by atomic mass is 9.73. The first-order valence-corrected chi connectivity index (χ1v) is 6.72. The molecule has 0 bridgehead atoms. The van der Waals surface area contributed by atoms with E-state index in [2.05, 4.69) is 25.6 Å². The summed E-state index contributed by atoms with van der Waals surface area (Å²) in [5.74, 6) is 0.0349. The fraction of sp³-hybridized carbons (Fsp3) is 0.353. The number of rotatable bonds is 2. The number of aromatic hydroxyl groups is 2. The fourth-order valence-electron chi connectivity index (χ4n) is 2.97. The monoisotopic (exact) mass is 269 g/mol. The van der Waals surface area contributed by atoms with Crippen LogP contribution in [0.25, 0.3) is 0 Å². The average Bonchev–Trinajstić information content (AvgIpc) is 2.37. The van der Waals surface area contributed by atoms with Crippen molar-refractivity contribution >= 4 is 0 Å². The van der Waals surface area contributed by atoms with Crippen LogP contribution in [0.15, 0.2) is 35.9 Å². The lowest BCUT2D eigenvalue weighted by Gasteiger charge is -2.31. The summed E-state index contributed by atoms with van der Waals surface area (Å²) in [5.41, 5.74) is 3.22. The van der Waals surface area contributed by atoms with Crippen LogP contribution in [-0.2, 0) is 0 Å². The Hall–Kier alpha value is -2.21.